The minimum absolute atomic E-state index is 0. The lowest BCUT2D eigenvalue weighted by molar-refractivity contribution is 0.352. The molecular formula is C51H92. The number of aryl methyl sites for hydroxylation is 2. The number of rotatable bonds is 8. The SMILES string of the molecule is C.C=C(c1cccc(C)c1C)c1ccc(C)c(=C)c1=C(C)C.C=C/C(C)=C\C=C(C)C.C=CC.CC.CC.CC.CC.CCCC(C)C(C)CC. The van der Waals surface area contributed by atoms with Crippen molar-refractivity contribution in [3.05, 3.63) is 124 Å². The summed E-state index contributed by atoms with van der Waals surface area (Å²) in [4.78, 5) is 0. The molecule has 2 atom stereocenters. The maximum absolute atomic E-state index is 4.37. The molecule has 0 N–H and O–H groups in total. The average Bonchev–Trinajstić information content (AvgIpc) is 3.13. The molecule has 2 aromatic carbocycles. The number of hydrogen-bond acceptors (Lipinski definition) is 0. The van der Waals surface area contributed by atoms with Crippen LogP contribution in [0.3, 0.4) is 0 Å². The largest absolute Gasteiger partial charge is 0.103 e. The highest BCUT2D eigenvalue weighted by Gasteiger charge is 2.10. The van der Waals surface area contributed by atoms with Gasteiger partial charge >= 0.3 is 0 Å². The Morgan fingerprint density at radius 3 is 1.55 bits per heavy atom. The molecular weight excluding hydrogens is 613 g/mol. The van der Waals surface area contributed by atoms with Crippen LogP contribution in [-0.4, -0.2) is 0 Å². The van der Waals surface area contributed by atoms with Crippen molar-refractivity contribution in [2.24, 2.45) is 11.8 Å². The van der Waals surface area contributed by atoms with E-state index in [1.165, 1.54) is 69.0 Å². The van der Waals surface area contributed by atoms with Crippen LogP contribution in [0.4, 0.5) is 0 Å². The highest BCUT2D eigenvalue weighted by molar-refractivity contribution is 5.81. The Bertz CT molecular complexity index is 1280. The highest BCUT2D eigenvalue weighted by Crippen LogP contribution is 2.24. The van der Waals surface area contributed by atoms with Crippen LogP contribution in [0.2, 0.25) is 0 Å². The first-order chi connectivity index (χ1) is 23.6. The van der Waals surface area contributed by atoms with E-state index < -0.39 is 0 Å². The van der Waals surface area contributed by atoms with Crippen molar-refractivity contribution in [3.8, 4) is 0 Å². The van der Waals surface area contributed by atoms with Crippen molar-refractivity contribution < 1.29 is 0 Å². The van der Waals surface area contributed by atoms with Gasteiger partial charge in [0.15, 0.2) is 0 Å². The summed E-state index contributed by atoms with van der Waals surface area (Å²) in [6.45, 7) is 59.7. The Hall–Kier alpha value is -3.12. The lowest BCUT2D eigenvalue weighted by Gasteiger charge is -2.16. The van der Waals surface area contributed by atoms with Gasteiger partial charge in [-0.25, -0.2) is 0 Å². The van der Waals surface area contributed by atoms with Crippen molar-refractivity contribution in [2.45, 2.75) is 172 Å². The molecule has 0 bridgehead atoms. The highest BCUT2D eigenvalue weighted by atomic mass is 14.1. The Kier molecular flexibility index (Phi) is 53.1. The fraction of sp³-hybridized carbons (Fsp3) is 0.529. The molecule has 0 nitrogen and oxygen atoms in total. The van der Waals surface area contributed by atoms with Crippen LogP contribution < -0.4 is 10.4 Å². The molecule has 0 radical (unpaired) electrons. The molecule has 0 aliphatic rings. The standard InChI is InChI=1S/C21H24.C9H14.C9H20.C3H6.4C2H6.CH4/c1-13(2)21-17(6)15(4)11-12-20(21)18(7)19-10-8-9-14(3)16(19)5;1-5-9(4)7-6-8(2)3;1-5-7-9(4)8(3)6-2;1-3-2;4*1-2;/h8-12H,6-7H2,1-5H3;5-7H,1H2,2-4H3;8-9H,5-7H2,1-4H3;3H,1H2,2H3;4*1-2H3;1H4/b;9-7-;;;;;;;. The fourth-order valence-corrected chi connectivity index (χ4v) is 4.31. The lowest BCUT2D eigenvalue weighted by atomic mass is 9.90. The molecule has 0 heteroatoms. The first-order valence-electron chi connectivity index (χ1n) is 19.7. The van der Waals surface area contributed by atoms with Gasteiger partial charge in [-0.05, 0) is 118 Å². The second-order valence-electron chi connectivity index (χ2n) is 11.9. The third-order valence-corrected chi connectivity index (χ3v) is 7.66. The van der Waals surface area contributed by atoms with Crippen molar-refractivity contribution in [1.82, 2.24) is 0 Å². The van der Waals surface area contributed by atoms with Crippen LogP contribution in [0.1, 0.15) is 179 Å². The van der Waals surface area contributed by atoms with Gasteiger partial charge in [-0.15, -0.1) is 6.58 Å². The second-order valence-corrected chi connectivity index (χ2v) is 11.9. The van der Waals surface area contributed by atoms with Crippen molar-refractivity contribution in [3.63, 3.8) is 0 Å². The van der Waals surface area contributed by atoms with Crippen LogP contribution in [0.5, 0.6) is 0 Å². The molecule has 0 amide bonds. The summed E-state index contributed by atoms with van der Waals surface area (Å²) < 4.78 is 0. The summed E-state index contributed by atoms with van der Waals surface area (Å²) in [6, 6.07) is 10.7. The number of benzene rings is 2. The van der Waals surface area contributed by atoms with Crippen molar-refractivity contribution in [2.75, 3.05) is 0 Å². The zero-order valence-corrected chi connectivity index (χ0v) is 37.8. The molecule has 0 aromatic heterocycles. The molecule has 0 spiro atoms. The summed E-state index contributed by atoms with van der Waals surface area (Å²) in [5.41, 5.74) is 11.1. The zero-order chi connectivity index (χ0) is 41.0. The van der Waals surface area contributed by atoms with E-state index in [2.05, 4.69) is 145 Å². The molecule has 0 saturated carbocycles. The van der Waals surface area contributed by atoms with E-state index in [-0.39, 0.29) is 7.43 Å². The van der Waals surface area contributed by atoms with E-state index in [1.54, 1.807) is 6.08 Å². The van der Waals surface area contributed by atoms with E-state index in [4.69, 9.17) is 0 Å². The topological polar surface area (TPSA) is 0 Å². The summed E-state index contributed by atoms with van der Waals surface area (Å²) in [7, 11) is 0. The smallest absolute Gasteiger partial charge is 0.0106 e. The van der Waals surface area contributed by atoms with E-state index >= 15 is 0 Å². The second kappa shape index (κ2) is 43.0. The minimum Gasteiger partial charge on any atom is -0.103 e. The lowest BCUT2D eigenvalue weighted by Crippen LogP contribution is -2.31. The Labute approximate surface area is 324 Å². The van der Waals surface area contributed by atoms with Gasteiger partial charge in [-0.2, -0.15) is 0 Å². The molecule has 2 unspecified atom stereocenters. The molecule has 0 aliphatic carbocycles. The zero-order valence-electron chi connectivity index (χ0n) is 37.8. The molecule has 0 aliphatic heterocycles. The van der Waals surface area contributed by atoms with Gasteiger partial charge in [0.05, 0.1) is 0 Å². The Morgan fingerprint density at radius 1 is 0.706 bits per heavy atom. The molecule has 0 saturated heterocycles. The predicted octanol–water partition coefficient (Wildman–Crippen LogP) is 16.8. The maximum atomic E-state index is 4.37. The third-order valence-electron chi connectivity index (χ3n) is 7.66. The quantitative estimate of drug-likeness (QED) is 0.190. The molecule has 2 aromatic rings. The van der Waals surface area contributed by atoms with Crippen molar-refractivity contribution >= 4 is 17.7 Å². The average molecular weight is 705 g/mol. The predicted molar refractivity (Wildman–Crippen MR) is 250 cm³/mol. The van der Waals surface area contributed by atoms with E-state index in [0.717, 1.165) is 22.6 Å². The van der Waals surface area contributed by atoms with Gasteiger partial charge in [0.2, 0.25) is 0 Å². The number of hydrogen-bond donors (Lipinski definition) is 0. The van der Waals surface area contributed by atoms with Crippen LogP contribution in [0.25, 0.3) is 17.7 Å². The van der Waals surface area contributed by atoms with E-state index in [0.29, 0.717) is 0 Å². The Morgan fingerprint density at radius 2 is 1.18 bits per heavy atom. The molecule has 0 fully saturated rings. The van der Waals surface area contributed by atoms with Gasteiger partial charge in [-0.1, -0.05) is 201 Å². The Balaban J connectivity index is -0.000000109. The van der Waals surface area contributed by atoms with Crippen LogP contribution in [0.15, 0.2) is 85.5 Å². The van der Waals surface area contributed by atoms with Crippen LogP contribution in [0, 0.1) is 32.6 Å². The molecule has 51 heavy (non-hydrogen) atoms. The van der Waals surface area contributed by atoms with Gasteiger partial charge in [0.1, 0.15) is 0 Å². The molecule has 0 heterocycles. The summed E-state index contributed by atoms with van der Waals surface area (Å²) in [5.74, 6) is 1.85. The first-order valence-corrected chi connectivity index (χ1v) is 19.7. The van der Waals surface area contributed by atoms with E-state index in [1.807, 2.05) is 75.3 Å². The fourth-order valence-electron chi connectivity index (χ4n) is 4.31. The molecule has 296 valence electrons. The minimum atomic E-state index is 0. The van der Waals surface area contributed by atoms with Gasteiger partial charge < -0.3 is 0 Å². The van der Waals surface area contributed by atoms with Crippen molar-refractivity contribution in [1.29, 1.82) is 0 Å². The van der Waals surface area contributed by atoms with Gasteiger partial charge in [-0.3, -0.25) is 0 Å². The third kappa shape index (κ3) is 30.2. The summed E-state index contributed by atoms with van der Waals surface area (Å²) in [6.07, 6.45) is 11.8. The molecule has 2 rings (SSSR count). The summed E-state index contributed by atoms with van der Waals surface area (Å²) >= 11 is 0. The van der Waals surface area contributed by atoms with Crippen LogP contribution in [-0.2, 0) is 0 Å². The normalized spacial score (nSPS) is 10.0. The van der Waals surface area contributed by atoms with E-state index in [9.17, 15) is 0 Å². The summed E-state index contributed by atoms with van der Waals surface area (Å²) in [5, 5.41) is 2.35. The maximum Gasteiger partial charge on any atom is -0.0106 e. The van der Waals surface area contributed by atoms with Gasteiger partial charge in [0, 0.05) is 0 Å². The van der Waals surface area contributed by atoms with Crippen LogP contribution >= 0.6 is 0 Å². The monoisotopic (exact) mass is 705 g/mol. The first kappa shape index (κ1) is 63.0. The number of allylic oxidation sites excluding steroid dienone is 6. The van der Waals surface area contributed by atoms with Gasteiger partial charge in [0.25, 0.3) is 0 Å².